The first-order chi connectivity index (χ1) is 20.7. The van der Waals surface area contributed by atoms with Crippen LogP contribution in [-0.4, -0.2) is 56.5 Å². The molecule has 4 rings (SSSR count). The summed E-state index contributed by atoms with van der Waals surface area (Å²) < 4.78 is 59.9. The molecule has 4 N–H and O–H groups in total. The number of methoxy groups -OCH3 is 1. The quantitative estimate of drug-likeness (QED) is 0.117. The van der Waals surface area contributed by atoms with Crippen LogP contribution < -0.4 is 20.7 Å². The van der Waals surface area contributed by atoms with Crippen LogP contribution in [0.4, 0.5) is 36.3 Å². The maximum absolute atomic E-state index is 14.0. The van der Waals surface area contributed by atoms with E-state index >= 15 is 0 Å². The minimum Gasteiger partial charge on any atom is -0.495 e. The predicted molar refractivity (Wildman–Crippen MR) is 153 cm³/mol. The van der Waals surface area contributed by atoms with E-state index in [9.17, 15) is 22.5 Å². The number of alkyl halides is 3. The van der Waals surface area contributed by atoms with Gasteiger partial charge in [0.15, 0.2) is 14.2 Å². The molecule has 0 unspecified atom stereocenters. The van der Waals surface area contributed by atoms with Crippen LogP contribution in [0.15, 0.2) is 48.9 Å². The number of aliphatic hydroxyl groups is 1. The number of carbonyl (C=O) groups is 1. The Bertz CT molecular complexity index is 1600. The second-order valence-corrected chi connectivity index (χ2v) is 9.69. The van der Waals surface area contributed by atoms with Crippen molar-refractivity contribution < 1.29 is 32.4 Å². The summed E-state index contributed by atoms with van der Waals surface area (Å²) in [5, 5.41) is 21.2. The van der Waals surface area contributed by atoms with Crippen molar-refractivity contribution in [3.63, 3.8) is 0 Å². The largest absolute Gasteiger partial charge is 0.495 e. The number of nitrogens with zero attached hydrogens (tertiary/aromatic N) is 5. The van der Waals surface area contributed by atoms with E-state index in [1.54, 1.807) is 41.3 Å². The number of carbonyl (C=O) groups excluding carboxylic acids is 1. The molecule has 12 nitrogen and oxygen atoms in total. The van der Waals surface area contributed by atoms with Crippen LogP contribution in [0.3, 0.4) is 0 Å². The Morgan fingerprint density at radius 1 is 1.09 bits per heavy atom. The maximum Gasteiger partial charge on any atom is 0.421 e. The zero-order valence-electron chi connectivity index (χ0n) is 23.1. The molecular weight excluding hydrogens is 588 g/mol. The summed E-state index contributed by atoms with van der Waals surface area (Å²) in [7, 11) is 2.72. The standard InChI is InChI=1S/C27H28F3N8O4P/c1-31-25(40)23-21(8-7-19(34-23)17-12-33-38(14-17)9-3-4-10-39)35-24-18(27(28,29)30)13-32-26(37-24)36-20-6-5-16(15-43-41)11-22(20)42-2/h5-8,11-14,39H,3-4,9-10,15H2,1-2H3,(H,31,40)(H2,32,35,36,37). The molecular formula is C27H28F3N8O4P. The lowest BCUT2D eigenvalue weighted by Crippen LogP contribution is -2.21. The summed E-state index contributed by atoms with van der Waals surface area (Å²) >= 11 is 0. The fourth-order valence-corrected chi connectivity index (χ4v) is 4.37. The van der Waals surface area contributed by atoms with E-state index in [4.69, 9.17) is 9.84 Å². The van der Waals surface area contributed by atoms with Crippen molar-refractivity contribution in [2.75, 3.05) is 31.4 Å². The van der Waals surface area contributed by atoms with Gasteiger partial charge in [-0.2, -0.15) is 23.3 Å². The molecule has 0 fully saturated rings. The fourth-order valence-electron chi connectivity index (χ4n) is 4.02. The van der Waals surface area contributed by atoms with Gasteiger partial charge in [-0.05, 0) is 42.7 Å². The van der Waals surface area contributed by atoms with Crippen molar-refractivity contribution in [2.45, 2.75) is 31.7 Å². The SMILES string of the molecule is CNC(=O)c1nc(-c2cnn(CCCCO)c2)ccc1Nc1nc(Nc2ccc(CP=O)cc2OC)ncc1C(F)(F)F. The zero-order chi connectivity index (χ0) is 31.0. The molecule has 0 aliphatic carbocycles. The normalized spacial score (nSPS) is 11.4. The van der Waals surface area contributed by atoms with Crippen LogP contribution in [0.5, 0.6) is 5.75 Å². The Morgan fingerprint density at radius 2 is 1.88 bits per heavy atom. The summed E-state index contributed by atoms with van der Waals surface area (Å²) in [6, 6.07) is 7.90. The van der Waals surface area contributed by atoms with E-state index in [1.807, 2.05) is 0 Å². The lowest BCUT2D eigenvalue weighted by molar-refractivity contribution is -0.137. The van der Waals surface area contributed by atoms with Gasteiger partial charge >= 0.3 is 6.18 Å². The first kappa shape index (κ1) is 31.3. The van der Waals surface area contributed by atoms with Gasteiger partial charge in [0.2, 0.25) is 5.95 Å². The highest BCUT2D eigenvalue weighted by atomic mass is 31.1. The van der Waals surface area contributed by atoms with E-state index < -0.39 is 23.5 Å². The summed E-state index contributed by atoms with van der Waals surface area (Å²) in [4.78, 5) is 25.0. The van der Waals surface area contributed by atoms with Crippen LogP contribution in [0.2, 0.25) is 0 Å². The van der Waals surface area contributed by atoms with E-state index in [2.05, 4.69) is 36.0 Å². The third-order valence-electron chi connectivity index (χ3n) is 6.17. The summed E-state index contributed by atoms with van der Waals surface area (Å²) in [6.07, 6.45) is 0.697. The third-order valence-corrected chi connectivity index (χ3v) is 6.66. The molecule has 1 amide bonds. The minimum absolute atomic E-state index is 0.0210. The number of benzene rings is 1. The Labute approximate surface area is 245 Å². The number of hydrogen-bond acceptors (Lipinski definition) is 10. The number of rotatable bonds is 13. The maximum atomic E-state index is 14.0. The Hall–Kier alpha value is -4.62. The number of pyridine rings is 1. The molecule has 3 heterocycles. The van der Waals surface area contributed by atoms with Gasteiger partial charge in [0.25, 0.3) is 5.91 Å². The highest BCUT2D eigenvalue weighted by molar-refractivity contribution is 7.22. The number of nitrogens with one attached hydrogen (secondary N) is 3. The second-order valence-electron chi connectivity index (χ2n) is 9.12. The molecule has 16 heteroatoms. The van der Waals surface area contributed by atoms with E-state index in [0.717, 1.165) is 5.56 Å². The number of aliphatic hydroxyl groups excluding tert-OH is 1. The van der Waals surface area contributed by atoms with Gasteiger partial charge in [-0.25, -0.2) is 9.97 Å². The molecule has 1 aromatic carbocycles. The average Bonchev–Trinajstić information content (AvgIpc) is 3.46. The monoisotopic (exact) mass is 616 g/mol. The second kappa shape index (κ2) is 14.0. The molecule has 0 saturated carbocycles. The van der Waals surface area contributed by atoms with E-state index in [-0.39, 0.29) is 38.6 Å². The van der Waals surface area contributed by atoms with Crippen LogP contribution in [0.25, 0.3) is 11.3 Å². The van der Waals surface area contributed by atoms with Gasteiger partial charge in [-0.3, -0.25) is 14.0 Å². The van der Waals surface area contributed by atoms with Crippen LogP contribution in [-0.2, 0) is 23.4 Å². The molecule has 0 aliphatic rings. The van der Waals surface area contributed by atoms with Gasteiger partial charge in [0, 0.05) is 38.2 Å². The predicted octanol–water partition coefficient (Wildman–Crippen LogP) is 5.17. The number of aryl methyl sites for hydroxylation is 1. The number of hydrogen-bond donors (Lipinski definition) is 4. The summed E-state index contributed by atoms with van der Waals surface area (Å²) in [6.45, 7) is 0.646. The molecule has 0 atom stereocenters. The van der Waals surface area contributed by atoms with Crippen molar-refractivity contribution in [1.82, 2.24) is 30.0 Å². The van der Waals surface area contributed by atoms with Crippen molar-refractivity contribution in [3.8, 4) is 17.0 Å². The molecule has 0 spiro atoms. The molecule has 226 valence electrons. The van der Waals surface area contributed by atoms with E-state index in [1.165, 1.54) is 20.2 Å². The first-order valence-electron chi connectivity index (χ1n) is 13.0. The van der Waals surface area contributed by atoms with Crippen molar-refractivity contribution in [2.24, 2.45) is 0 Å². The number of ether oxygens (including phenoxy) is 1. The van der Waals surface area contributed by atoms with E-state index in [0.29, 0.717) is 48.3 Å². The van der Waals surface area contributed by atoms with Gasteiger partial charge in [0.05, 0.1) is 36.5 Å². The first-order valence-corrected chi connectivity index (χ1v) is 14.0. The minimum atomic E-state index is -4.82. The lowest BCUT2D eigenvalue weighted by atomic mass is 10.1. The van der Waals surface area contributed by atoms with Gasteiger partial charge in [-0.1, -0.05) is 6.07 Å². The molecule has 0 radical (unpaired) electrons. The Morgan fingerprint density at radius 3 is 2.58 bits per heavy atom. The topological polar surface area (TPSA) is 156 Å². The number of anilines is 4. The molecule has 4 aromatic rings. The van der Waals surface area contributed by atoms with Crippen LogP contribution >= 0.6 is 8.46 Å². The third kappa shape index (κ3) is 7.81. The number of amides is 1. The number of aromatic nitrogens is 5. The highest BCUT2D eigenvalue weighted by Gasteiger charge is 2.36. The highest BCUT2D eigenvalue weighted by Crippen LogP contribution is 2.37. The average molecular weight is 617 g/mol. The zero-order valence-corrected chi connectivity index (χ0v) is 24.0. The molecule has 0 saturated heterocycles. The number of unbranched alkanes of at least 4 members (excludes halogenated alkanes) is 1. The van der Waals surface area contributed by atoms with Crippen molar-refractivity contribution in [1.29, 1.82) is 0 Å². The van der Waals surface area contributed by atoms with Gasteiger partial charge in [-0.15, -0.1) is 0 Å². The van der Waals surface area contributed by atoms with Crippen molar-refractivity contribution in [3.05, 3.63) is 65.7 Å². The molecule has 0 bridgehead atoms. The molecule has 3 aromatic heterocycles. The Kier molecular flexibility index (Phi) is 10.2. The fraction of sp³-hybridized carbons (Fsp3) is 0.296. The number of halogens is 3. The lowest BCUT2D eigenvalue weighted by Gasteiger charge is -2.17. The van der Waals surface area contributed by atoms with Crippen LogP contribution in [0, 0.1) is 0 Å². The molecule has 43 heavy (non-hydrogen) atoms. The Balaban J connectivity index is 1.68. The van der Waals surface area contributed by atoms with Gasteiger partial charge < -0.3 is 25.8 Å². The summed E-state index contributed by atoms with van der Waals surface area (Å²) in [5.41, 5.74) is 0.725. The smallest absolute Gasteiger partial charge is 0.421 e. The summed E-state index contributed by atoms with van der Waals surface area (Å²) in [5.74, 6) is -1.08. The molecule has 0 aliphatic heterocycles. The van der Waals surface area contributed by atoms with Crippen LogP contribution in [0.1, 0.15) is 34.5 Å². The van der Waals surface area contributed by atoms with Gasteiger partial charge in [0.1, 0.15) is 17.1 Å². The van der Waals surface area contributed by atoms with Crippen molar-refractivity contribution >= 4 is 37.5 Å².